The van der Waals surface area contributed by atoms with Crippen molar-refractivity contribution in [1.82, 2.24) is 14.2 Å². The summed E-state index contributed by atoms with van der Waals surface area (Å²) >= 11 is 0. The number of rotatable bonds is 5. The van der Waals surface area contributed by atoms with Gasteiger partial charge in [-0.25, -0.2) is 13.4 Å². The highest BCUT2D eigenvalue weighted by Gasteiger charge is 2.33. The van der Waals surface area contributed by atoms with Crippen LogP contribution in [0, 0.1) is 0 Å². The number of nitrogens with zero attached hydrogens (tertiary/aromatic N) is 3. The Morgan fingerprint density at radius 2 is 1.67 bits per heavy atom. The fourth-order valence-electron chi connectivity index (χ4n) is 3.60. The zero-order valence-corrected chi connectivity index (χ0v) is 18.1. The second-order valence-electron chi connectivity index (χ2n) is 7.47. The third-order valence-corrected chi connectivity index (χ3v) is 7.15. The number of benzene rings is 2. The zero-order chi connectivity index (χ0) is 23.6. The second-order valence-corrected chi connectivity index (χ2v) is 9.40. The number of hydrogen-bond donors (Lipinski definition) is 0. The number of amides is 1. The molecule has 0 radical (unpaired) electrons. The first-order valence-electron chi connectivity index (χ1n) is 10.1. The van der Waals surface area contributed by atoms with Crippen LogP contribution in [0.4, 0.5) is 13.2 Å². The summed E-state index contributed by atoms with van der Waals surface area (Å²) in [6, 6.07) is 15.1. The van der Waals surface area contributed by atoms with E-state index in [0.29, 0.717) is 0 Å². The van der Waals surface area contributed by atoms with Gasteiger partial charge in [0.15, 0.2) is 6.61 Å². The lowest BCUT2D eigenvalue weighted by Crippen LogP contribution is -2.50. The quantitative estimate of drug-likeness (QED) is 0.561. The fourth-order valence-corrected chi connectivity index (χ4v) is 5.06. The first kappa shape index (κ1) is 23.0. The number of halogens is 3. The number of pyridine rings is 1. The summed E-state index contributed by atoms with van der Waals surface area (Å²) in [5, 5.41) is 1.72. The first-order chi connectivity index (χ1) is 15.6. The molecule has 0 saturated carbocycles. The van der Waals surface area contributed by atoms with Gasteiger partial charge < -0.3 is 9.64 Å². The predicted octanol–water partition coefficient (Wildman–Crippen LogP) is 3.32. The van der Waals surface area contributed by atoms with Crippen molar-refractivity contribution in [1.29, 1.82) is 0 Å². The molecule has 0 spiro atoms. The van der Waals surface area contributed by atoms with Crippen LogP contribution in [0.5, 0.6) is 5.88 Å². The van der Waals surface area contributed by atoms with E-state index in [1.54, 1.807) is 18.2 Å². The topological polar surface area (TPSA) is 79.8 Å². The minimum absolute atomic E-state index is 0.0555. The van der Waals surface area contributed by atoms with Gasteiger partial charge in [0, 0.05) is 32.4 Å². The molecule has 0 N–H and O–H groups in total. The van der Waals surface area contributed by atoms with E-state index in [9.17, 15) is 26.4 Å². The summed E-state index contributed by atoms with van der Waals surface area (Å²) in [5.41, 5.74) is -0.104. The van der Waals surface area contributed by atoms with Crippen molar-refractivity contribution in [2.24, 2.45) is 0 Å². The summed E-state index contributed by atoms with van der Waals surface area (Å²) in [6.45, 7) is -1.29. The Morgan fingerprint density at radius 1 is 0.970 bits per heavy atom. The van der Waals surface area contributed by atoms with Crippen molar-refractivity contribution in [3.63, 3.8) is 0 Å². The summed E-state index contributed by atoms with van der Waals surface area (Å²) in [7, 11) is -3.77. The molecule has 1 saturated heterocycles. The molecule has 2 heterocycles. The van der Waals surface area contributed by atoms with Crippen LogP contribution < -0.4 is 4.74 Å². The molecule has 3 aromatic rings. The van der Waals surface area contributed by atoms with Crippen LogP contribution >= 0.6 is 0 Å². The van der Waals surface area contributed by atoms with Crippen molar-refractivity contribution < 1.29 is 31.1 Å². The highest BCUT2D eigenvalue weighted by atomic mass is 32.2. The summed E-state index contributed by atoms with van der Waals surface area (Å²) < 4.78 is 69.7. The van der Waals surface area contributed by atoms with Crippen molar-refractivity contribution >= 4 is 26.7 Å². The Hall–Kier alpha value is -3.18. The van der Waals surface area contributed by atoms with E-state index in [0.717, 1.165) is 10.8 Å². The zero-order valence-electron chi connectivity index (χ0n) is 17.3. The van der Waals surface area contributed by atoms with Gasteiger partial charge in [-0.05, 0) is 35.0 Å². The van der Waals surface area contributed by atoms with E-state index in [4.69, 9.17) is 4.74 Å². The largest absolute Gasteiger partial charge is 0.467 e. The molecule has 33 heavy (non-hydrogen) atoms. The molecule has 1 fully saturated rings. The van der Waals surface area contributed by atoms with Crippen LogP contribution in [0.3, 0.4) is 0 Å². The minimum atomic E-state index is -4.57. The molecule has 0 bridgehead atoms. The van der Waals surface area contributed by atoms with Gasteiger partial charge in [0.2, 0.25) is 15.9 Å². The third kappa shape index (κ3) is 5.09. The van der Waals surface area contributed by atoms with Crippen molar-refractivity contribution in [3.8, 4) is 5.88 Å². The molecule has 7 nitrogen and oxygen atoms in total. The Labute approximate surface area is 188 Å². The SMILES string of the molecule is O=C(c1cccnc1OCC(F)(F)F)N1CCN(S(=O)(=O)c2ccc3ccccc3c2)CC1. The summed E-state index contributed by atoms with van der Waals surface area (Å²) in [6.07, 6.45) is -3.34. The van der Waals surface area contributed by atoms with Gasteiger partial charge in [-0.3, -0.25) is 4.79 Å². The maximum absolute atomic E-state index is 13.1. The molecule has 1 aliphatic heterocycles. The van der Waals surface area contributed by atoms with Crippen LogP contribution in [0.25, 0.3) is 10.8 Å². The van der Waals surface area contributed by atoms with Gasteiger partial charge in [0.25, 0.3) is 5.91 Å². The lowest BCUT2D eigenvalue weighted by atomic mass is 10.1. The number of alkyl halides is 3. The maximum Gasteiger partial charge on any atom is 0.422 e. The van der Waals surface area contributed by atoms with Crippen LogP contribution in [0.15, 0.2) is 65.7 Å². The monoisotopic (exact) mass is 479 g/mol. The van der Waals surface area contributed by atoms with E-state index < -0.39 is 34.6 Å². The maximum atomic E-state index is 13.1. The number of sulfonamides is 1. The van der Waals surface area contributed by atoms with Crippen LogP contribution in [0.1, 0.15) is 10.4 Å². The fraction of sp³-hybridized carbons (Fsp3) is 0.273. The van der Waals surface area contributed by atoms with Gasteiger partial charge in [-0.15, -0.1) is 0 Å². The molecule has 2 aromatic carbocycles. The van der Waals surface area contributed by atoms with Crippen molar-refractivity contribution in [3.05, 3.63) is 66.4 Å². The van der Waals surface area contributed by atoms with Gasteiger partial charge in [0.05, 0.1) is 4.90 Å². The van der Waals surface area contributed by atoms with Crippen LogP contribution in [-0.2, 0) is 10.0 Å². The molecular weight excluding hydrogens is 459 g/mol. The lowest BCUT2D eigenvalue weighted by molar-refractivity contribution is -0.154. The number of fused-ring (bicyclic) bond motifs is 1. The molecule has 1 aliphatic rings. The number of hydrogen-bond acceptors (Lipinski definition) is 5. The van der Waals surface area contributed by atoms with Crippen molar-refractivity contribution in [2.75, 3.05) is 32.8 Å². The number of piperazine rings is 1. The Kier molecular flexibility index (Phi) is 6.26. The molecule has 11 heteroatoms. The Bertz CT molecular complexity index is 1270. The van der Waals surface area contributed by atoms with E-state index in [1.165, 1.54) is 27.5 Å². The van der Waals surface area contributed by atoms with E-state index in [-0.39, 0.29) is 36.6 Å². The van der Waals surface area contributed by atoms with Gasteiger partial charge in [0.1, 0.15) is 5.56 Å². The number of carbonyl (C=O) groups is 1. The van der Waals surface area contributed by atoms with Gasteiger partial charge >= 0.3 is 6.18 Å². The highest BCUT2D eigenvalue weighted by Crippen LogP contribution is 2.25. The Balaban J connectivity index is 1.46. The number of ether oxygens (including phenoxy) is 1. The average molecular weight is 479 g/mol. The van der Waals surface area contributed by atoms with Gasteiger partial charge in [-0.2, -0.15) is 17.5 Å². The predicted molar refractivity (Wildman–Crippen MR) is 114 cm³/mol. The van der Waals surface area contributed by atoms with Gasteiger partial charge in [-0.1, -0.05) is 30.3 Å². The summed E-state index contributed by atoms with van der Waals surface area (Å²) in [4.78, 5) is 18.2. The smallest absolute Gasteiger partial charge is 0.422 e. The second kappa shape index (κ2) is 8.99. The molecule has 4 rings (SSSR count). The molecule has 1 amide bonds. The Morgan fingerprint density at radius 3 is 2.36 bits per heavy atom. The third-order valence-electron chi connectivity index (χ3n) is 5.26. The number of carbonyl (C=O) groups excluding carboxylic acids is 1. The molecule has 0 atom stereocenters. The van der Waals surface area contributed by atoms with Crippen LogP contribution in [-0.4, -0.2) is 67.5 Å². The minimum Gasteiger partial charge on any atom is -0.467 e. The lowest BCUT2D eigenvalue weighted by Gasteiger charge is -2.34. The number of aromatic nitrogens is 1. The average Bonchev–Trinajstić information content (AvgIpc) is 2.82. The molecule has 174 valence electrons. The molecular formula is C22H20F3N3O4S. The summed E-state index contributed by atoms with van der Waals surface area (Å²) in [5.74, 6) is -0.978. The highest BCUT2D eigenvalue weighted by molar-refractivity contribution is 7.89. The van der Waals surface area contributed by atoms with Crippen LogP contribution in [0.2, 0.25) is 0 Å². The molecule has 1 aromatic heterocycles. The van der Waals surface area contributed by atoms with E-state index >= 15 is 0 Å². The normalized spacial score (nSPS) is 15.5. The van der Waals surface area contributed by atoms with E-state index in [1.807, 2.05) is 24.3 Å². The molecule has 0 unspecified atom stereocenters. The first-order valence-corrected chi connectivity index (χ1v) is 11.5. The molecule has 0 aliphatic carbocycles. The van der Waals surface area contributed by atoms with E-state index in [2.05, 4.69) is 4.98 Å². The standard InChI is InChI=1S/C22H20F3N3O4S/c23-22(24,25)15-32-20-19(6-3-9-26-20)21(29)27-10-12-28(13-11-27)33(30,31)18-8-7-16-4-1-2-5-17(16)14-18/h1-9,14H,10-13,15H2. The van der Waals surface area contributed by atoms with Crippen molar-refractivity contribution in [2.45, 2.75) is 11.1 Å².